The molecule has 0 atom stereocenters. The number of rotatable bonds is 6. The molecule has 0 fully saturated rings. The SMILES string of the molecule is C=CCOC(=O)c1nnn(CCS(=O)(=O)C(C)(C)C)c1C. The molecule has 0 amide bonds. The van der Waals surface area contributed by atoms with Gasteiger partial charge in [0.1, 0.15) is 6.61 Å². The van der Waals surface area contributed by atoms with Crippen LogP contribution in [0, 0.1) is 6.92 Å². The van der Waals surface area contributed by atoms with Gasteiger partial charge in [0.25, 0.3) is 0 Å². The number of carbonyl (C=O) groups is 1. The molecule has 0 aliphatic heterocycles. The quantitative estimate of drug-likeness (QED) is 0.577. The van der Waals surface area contributed by atoms with Gasteiger partial charge in [-0.3, -0.25) is 0 Å². The summed E-state index contributed by atoms with van der Waals surface area (Å²) < 4.78 is 29.6. The molecule has 1 aromatic heterocycles. The fraction of sp³-hybridized carbons (Fsp3) is 0.615. The highest BCUT2D eigenvalue weighted by Crippen LogP contribution is 2.16. The van der Waals surface area contributed by atoms with Gasteiger partial charge in [-0.2, -0.15) is 0 Å². The summed E-state index contributed by atoms with van der Waals surface area (Å²) in [7, 11) is -3.26. The van der Waals surface area contributed by atoms with Gasteiger partial charge in [0, 0.05) is 0 Å². The van der Waals surface area contributed by atoms with E-state index in [0.29, 0.717) is 5.69 Å². The molecule has 1 heterocycles. The van der Waals surface area contributed by atoms with Gasteiger partial charge in [-0.25, -0.2) is 17.9 Å². The van der Waals surface area contributed by atoms with Crippen molar-refractivity contribution in [3.05, 3.63) is 24.0 Å². The molecule has 21 heavy (non-hydrogen) atoms. The first kappa shape index (κ1) is 17.4. The molecule has 0 N–H and O–H groups in total. The predicted octanol–water partition coefficient (Wildman–Crippen LogP) is 1.14. The van der Waals surface area contributed by atoms with Gasteiger partial charge in [0.15, 0.2) is 15.5 Å². The highest BCUT2D eigenvalue weighted by atomic mass is 32.2. The zero-order chi connectivity index (χ0) is 16.3. The van der Waals surface area contributed by atoms with E-state index in [1.807, 2.05) is 0 Å². The van der Waals surface area contributed by atoms with Crippen LogP contribution in [0.2, 0.25) is 0 Å². The summed E-state index contributed by atoms with van der Waals surface area (Å²) in [5, 5.41) is 7.55. The van der Waals surface area contributed by atoms with Crippen molar-refractivity contribution in [2.45, 2.75) is 39.0 Å². The van der Waals surface area contributed by atoms with Crippen LogP contribution in [-0.4, -0.2) is 46.5 Å². The number of carbonyl (C=O) groups excluding carboxylic acids is 1. The number of aromatic nitrogens is 3. The summed E-state index contributed by atoms with van der Waals surface area (Å²) in [4.78, 5) is 11.7. The lowest BCUT2D eigenvalue weighted by atomic mass is 10.3. The first-order valence-electron chi connectivity index (χ1n) is 6.50. The van der Waals surface area contributed by atoms with Crippen molar-refractivity contribution in [3.8, 4) is 0 Å². The number of ether oxygens (including phenoxy) is 1. The van der Waals surface area contributed by atoms with Crippen LogP contribution in [0.5, 0.6) is 0 Å². The molecular formula is C13H21N3O4S. The molecule has 0 spiro atoms. The van der Waals surface area contributed by atoms with Crippen LogP contribution in [0.25, 0.3) is 0 Å². The van der Waals surface area contributed by atoms with Crippen LogP contribution in [0.4, 0.5) is 0 Å². The van der Waals surface area contributed by atoms with Gasteiger partial charge in [0.05, 0.1) is 22.7 Å². The Hall–Kier alpha value is -1.70. The highest BCUT2D eigenvalue weighted by molar-refractivity contribution is 7.92. The Kier molecular flexibility index (Phi) is 5.27. The molecule has 0 bridgehead atoms. The molecule has 0 aliphatic rings. The number of aryl methyl sites for hydroxylation is 1. The molecule has 0 aromatic carbocycles. The van der Waals surface area contributed by atoms with Gasteiger partial charge in [-0.05, 0) is 27.7 Å². The van der Waals surface area contributed by atoms with Crippen LogP contribution in [0.15, 0.2) is 12.7 Å². The minimum atomic E-state index is -3.26. The van der Waals surface area contributed by atoms with Crippen molar-refractivity contribution in [1.29, 1.82) is 0 Å². The summed E-state index contributed by atoms with van der Waals surface area (Å²) >= 11 is 0. The zero-order valence-corrected chi connectivity index (χ0v) is 13.6. The van der Waals surface area contributed by atoms with Gasteiger partial charge < -0.3 is 4.74 Å². The summed E-state index contributed by atoms with van der Waals surface area (Å²) in [6.45, 7) is 10.3. The monoisotopic (exact) mass is 315 g/mol. The van der Waals surface area contributed by atoms with E-state index < -0.39 is 20.6 Å². The summed E-state index contributed by atoms with van der Waals surface area (Å²) in [5.74, 6) is -0.667. The van der Waals surface area contributed by atoms with Crippen LogP contribution in [0.3, 0.4) is 0 Å². The van der Waals surface area contributed by atoms with Gasteiger partial charge in [0.2, 0.25) is 0 Å². The van der Waals surface area contributed by atoms with Crippen molar-refractivity contribution in [2.75, 3.05) is 12.4 Å². The molecule has 8 heteroatoms. The van der Waals surface area contributed by atoms with Crippen LogP contribution in [0.1, 0.15) is 37.0 Å². The number of nitrogens with zero attached hydrogens (tertiary/aromatic N) is 3. The predicted molar refractivity (Wildman–Crippen MR) is 78.8 cm³/mol. The van der Waals surface area contributed by atoms with Crippen molar-refractivity contribution < 1.29 is 17.9 Å². The number of sulfone groups is 1. The second-order valence-corrected chi connectivity index (χ2v) is 8.43. The molecular weight excluding hydrogens is 294 g/mol. The van der Waals surface area contributed by atoms with Crippen molar-refractivity contribution in [1.82, 2.24) is 15.0 Å². The van der Waals surface area contributed by atoms with E-state index in [1.54, 1.807) is 27.7 Å². The number of esters is 1. The average Bonchev–Trinajstić information content (AvgIpc) is 2.73. The Morgan fingerprint density at radius 2 is 2.05 bits per heavy atom. The third-order valence-electron chi connectivity index (χ3n) is 3.01. The van der Waals surface area contributed by atoms with E-state index in [2.05, 4.69) is 16.9 Å². The van der Waals surface area contributed by atoms with Crippen LogP contribution < -0.4 is 0 Å². The fourth-order valence-corrected chi connectivity index (χ4v) is 2.50. The van der Waals surface area contributed by atoms with E-state index in [0.717, 1.165) is 0 Å². The van der Waals surface area contributed by atoms with E-state index in [-0.39, 0.29) is 24.6 Å². The lowest BCUT2D eigenvalue weighted by Crippen LogP contribution is -2.32. The maximum Gasteiger partial charge on any atom is 0.361 e. The molecule has 0 saturated carbocycles. The molecule has 1 rings (SSSR count). The molecule has 0 unspecified atom stereocenters. The second kappa shape index (κ2) is 6.38. The first-order valence-corrected chi connectivity index (χ1v) is 8.16. The third kappa shape index (κ3) is 4.13. The van der Waals surface area contributed by atoms with E-state index in [1.165, 1.54) is 10.8 Å². The summed E-state index contributed by atoms with van der Waals surface area (Å²) in [5.41, 5.74) is 0.568. The molecule has 118 valence electrons. The zero-order valence-electron chi connectivity index (χ0n) is 12.8. The normalized spacial score (nSPS) is 12.2. The van der Waals surface area contributed by atoms with E-state index in [4.69, 9.17) is 4.74 Å². The highest BCUT2D eigenvalue weighted by Gasteiger charge is 2.29. The first-order chi connectivity index (χ1) is 9.60. The maximum atomic E-state index is 12.1. The Morgan fingerprint density at radius 1 is 1.43 bits per heavy atom. The molecule has 1 aromatic rings. The van der Waals surface area contributed by atoms with Crippen molar-refractivity contribution in [2.24, 2.45) is 0 Å². The summed E-state index contributed by atoms with van der Waals surface area (Å²) in [6, 6.07) is 0. The summed E-state index contributed by atoms with van der Waals surface area (Å²) in [6.07, 6.45) is 1.45. The number of hydrogen-bond acceptors (Lipinski definition) is 6. The number of hydrogen-bond donors (Lipinski definition) is 0. The molecule has 0 radical (unpaired) electrons. The Bertz CT molecular complexity index is 626. The minimum absolute atomic E-state index is 0.0676. The Morgan fingerprint density at radius 3 is 2.57 bits per heavy atom. The lowest BCUT2D eigenvalue weighted by Gasteiger charge is -2.19. The second-order valence-electron chi connectivity index (χ2n) is 5.56. The van der Waals surface area contributed by atoms with Crippen LogP contribution in [-0.2, 0) is 21.1 Å². The largest absolute Gasteiger partial charge is 0.457 e. The average molecular weight is 315 g/mol. The Balaban J connectivity index is 2.82. The standard InChI is InChI=1S/C13H21N3O4S/c1-6-8-20-12(17)11-10(2)16(15-14-11)7-9-21(18,19)13(3,4)5/h6H,1,7-9H2,2-5H3. The van der Waals surface area contributed by atoms with Crippen molar-refractivity contribution in [3.63, 3.8) is 0 Å². The lowest BCUT2D eigenvalue weighted by molar-refractivity contribution is 0.0542. The topological polar surface area (TPSA) is 91.2 Å². The van der Waals surface area contributed by atoms with Gasteiger partial charge in [-0.1, -0.05) is 17.9 Å². The van der Waals surface area contributed by atoms with E-state index in [9.17, 15) is 13.2 Å². The van der Waals surface area contributed by atoms with E-state index >= 15 is 0 Å². The smallest absolute Gasteiger partial charge is 0.361 e. The van der Waals surface area contributed by atoms with Crippen molar-refractivity contribution >= 4 is 15.8 Å². The van der Waals surface area contributed by atoms with Crippen LogP contribution >= 0.6 is 0 Å². The molecule has 0 saturated heterocycles. The molecule has 0 aliphatic carbocycles. The maximum absolute atomic E-state index is 12.1. The Labute approximate surface area is 124 Å². The molecule has 7 nitrogen and oxygen atoms in total. The minimum Gasteiger partial charge on any atom is -0.457 e. The third-order valence-corrected chi connectivity index (χ3v) is 5.60. The van der Waals surface area contributed by atoms with Gasteiger partial charge >= 0.3 is 5.97 Å². The van der Waals surface area contributed by atoms with Gasteiger partial charge in [-0.15, -0.1) is 5.10 Å². The fourth-order valence-electron chi connectivity index (χ4n) is 1.48.